The summed E-state index contributed by atoms with van der Waals surface area (Å²) in [6.07, 6.45) is 0. The van der Waals surface area contributed by atoms with Crippen LogP contribution in [0.1, 0.15) is 37.4 Å². The first kappa shape index (κ1) is 14.6. The highest BCUT2D eigenvalue weighted by molar-refractivity contribution is 9.08. The number of phenols is 2. The quantitative estimate of drug-likeness (QED) is 0.540. The smallest absolute Gasteiger partial charge is 0.201 e. The number of aromatic hydroxyl groups is 2. The lowest BCUT2D eigenvalue weighted by molar-refractivity contribution is 0.0975. The van der Waals surface area contributed by atoms with Gasteiger partial charge < -0.3 is 14.9 Å². The summed E-state index contributed by atoms with van der Waals surface area (Å²) in [7, 11) is 1.30. The van der Waals surface area contributed by atoms with Gasteiger partial charge in [-0.3, -0.25) is 9.59 Å². The van der Waals surface area contributed by atoms with Gasteiger partial charge >= 0.3 is 0 Å². The molecule has 0 atom stereocenters. The van der Waals surface area contributed by atoms with Crippen LogP contribution in [0.15, 0.2) is 24.3 Å². The largest absolute Gasteiger partial charge is 0.504 e. The van der Waals surface area contributed by atoms with E-state index < -0.39 is 17.3 Å². The second-order valence-corrected chi connectivity index (χ2v) is 5.43. The maximum absolute atomic E-state index is 12.6. The van der Waals surface area contributed by atoms with Crippen molar-refractivity contribution in [3.63, 3.8) is 0 Å². The van der Waals surface area contributed by atoms with Crippen LogP contribution in [0.2, 0.25) is 0 Å². The third-order valence-corrected chi connectivity index (χ3v) is 4.31. The van der Waals surface area contributed by atoms with E-state index in [2.05, 4.69) is 15.9 Å². The molecule has 112 valence electrons. The van der Waals surface area contributed by atoms with Crippen molar-refractivity contribution >= 4 is 27.5 Å². The van der Waals surface area contributed by atoms with Crippen LogP contribution in [0.4, 0.5) is 0 Å². The summed E-state index contributed by atoms with van der Waals surface area (Å²) in [4.78, 5) is 25.2. The normalized spacial score (nSPS) is 12.8. The molecule has 2 aromatic carbocycles. The van der Waals surface area contributed by atoms with Gasteiger partial charge in [-0.2, -0.15) is 0 Å². The van der Waals surface area contributed by atoms with Crippen molar-refractivity contribution in [3.8, 4) is 17.2 Å². The van der Waals surface area contributed by atoms with E-state index in [1.807, 2.05) is 0 Å². The van der Waals surface area contributed by atoms with Gasteiger partial charge in [0.2, 0.25) is 5.75 Å². The summed E-state index contributed by atoms with van der Waals surface area (Å²) >= 11 is 3.31. The number of benzene rings is 2. The zero-order valence-electron chi connectivity index (χ0n) is 11.5. The van der Waals surface area contributed by atoms with Gasteiger partial charge in [0.1, 0.15) is 0 Å². The Kier molecular flexibility index (Phi) is 3.41. The van der Waals surface area contributed by atoms with Crippen molar-refractivity contribution in [1.29, 1.82) is 0 Å². The van der Waals surface area contributed by atoms with Gasteiger partial charge in [0, 0.05) is 22.0 Å². The van der Waals surface area contributed by atoms with Gasteiger partial charge in [-0.15, -0.1) is 0 Å². The first-order valence-electron chi connectivity index (χ1n) is 6.40. The van der Waals surface area contributed by atoms with E-state index >= 15 is 0 Å². The zero-order valence-corrected chi connectivity index (χ0v) is 13.1. The third kappa shape index (κ3) is 1.91. The fourth-order valence-electron chi connectivity index (χ4n) is 2.54. The number of methoxy groups -OCH3 is 1. The van der Waals surface area contributed by atoms with Crippen LogP contribution in [0.5, 0.6) is 17.2 Å². The maximum atomic E-state index is 12.6. The Hall–Kier alpha value is -2.34. The molecule has 0 aliphatic heterocycles. The molecule has 2 aromatic rings. The summed E-state index contributed by atoms with van der Waals surface area (Å²) in [5.41, 5.74) is 1.18. The van der Waals surface area contributed by atoms with E-state index in [4.69, 9.17) is 4.74 Å². The van der Waals surface area contributed by atoms with E-state index in [9.17, 15) is 19.8 Å². The molecule has 0 bridgehead atoms. The highest BCUT2D eigenvalue weighted by atomic mass is 79.9. The highest BCUT2D eigenvalue weighted by Gasteiger charge is 2.34. The average Bonchev–Trinajstić information content (AvgIpc) is 2.54. The van der Waals surface area contributed by atoms with E-state index in [1.54, 1.807) is 18.2 Å². The molecule has 0 amide bonds. The number of rotatable bonds is 2. The molecule has 0 aromatic heterocycles. The summed E-state index contributed by atoms with van der Waals surface area (Å²) in [6.45, 7) is 0. The van der Waals surface area contributed by atoms with Crippen LogP contribution in [-0.2, 0) is 5.33 Å². The number of hydrogen-bond donors (Lipinski definition) is 2. The predicted molar refractivity (Wildman–Crippen MR) is 82.3 cm³/mol. The van der Waals surface area contributed by atoms with E-state index in [1.165, 1.54) is 13.2 Å². The third-order valence-electron chi connectivity index (χ3n) is 3.66. The number of halogens is 1. The van der Waals surface area contributed by atoms with Crippen molar-refractivity contribution in [2.45, 2.75) is 5.33 Å². The Balaban J connectivity index is 2.31. The standard InChI is InChI=1S/C16H11BrO5/c1-22-11-5-10-12(16(21)15(11)20)14(19)8-3-2-7(6-17)4-9(8)13(10)18/h2-5,20-21H,6H2,1H3. The van der Waals surface area contributed by atoms with Crippen molar-refractivity contribution in [2.75, 3.05) is 7.11 Å². The number of carbonyl (C=O) groups is 2. The van der Waals surface area contributed by atoms with Gasteiger partial charge in [-0.1, -0.05) is 22.0 Å². The van der Waals surface area contributed by atoms with Crippen molar-refractivity contribution in [2.24, 2.45) is 0 Å². The summed E-state index contributed by atoms with van der Waals surface area (Å²) in [5, 5.41) is 20.5. The lowest BCUT2D eigenvalue weighted by Gasteiger charge is -2.20. The Morgan fingerprint density at radius 1 is 1.00 bits per heavy atom. The van der Waals surface area contributed by atoms with Crippen molar-refractivity contribution in [1.82, 2.24) is 0 Å². The molecule has 0 saturated heterocycles. The second kappa shape index (κ2) is 5.14. The number of alkyl halides is 1. The molecule has 1 aliphatic carbocycles. The average molecular weight is 363 g/mol. The van der Waals surface area contributed by atoms with Gasteiger partial charge in [0.15, 0.2) is 23.1 Å². The molecular weight excluding hydrogens is 352 g/mol. The second-order valence-electron chi connectivity index (χ2n) is 4.87. The van der Waals surface area contributed by atoms with Gasteiger partial charge in [-0.25, -0.2) is 0 Å². The van der Waals surface area contributed by atoms with E-state index in [0.717, 1.165) is 5.56 Å². The summed E-state index contributed by atoms with van der Waals surface area (Å²) < 4.78 is 4.93. The number of fused-ring (bicyclic) bond motifs is 2. The Morgan fingerprint density at radius 3 is 2.36 bits per heavy atom. The lowest BCUT2D eigenvalue weighted by Crippen LogP contribution is -2.21. The molecule has 0 unspecified atom stereocenters. The van der Waals surface area contributed by atoms with E-state index in [0.29, 0.717) is 5.33 Å². The lowest BCUT2D eigenvalue weighted by atomic mass is 9.82. The number of ether oxygens (including phenoxy) is 1. The molecule has 0 radical (unpaired) electrons. The highest BCUT2D eigenvalue weighted by Crippen LogP contribution is 2.44. The Bertz CT molecular complexity index is 826. The number of hydrogen-bond acceptors (Lipinski definition) is 5. The van der Waals surface area contributed by atoms with Crippen LogP contribution in [0.25, 0.3) is 0 Å². The summed E-state index contributed by atoms with van der Waals surface area (Å²) in [5.74, 6) is -2.13. The maximum Gasteiger partial charge on any atom is 0.201 e. The van der Waals surface area contributed by atoms with Crippen LogP contribution in [0.3, 0.4) is 0 Å². The first-order valence-corrected chi connectivity index (χ1v) is 7.53. The molecule has 0 spiro atoms. The number of phenolic OH excluding ortho intramolecular Hbond substituents is 2. The minimum atomic E-state index is -0.636. The van der Waals surface area contributed by atoms with Crippen molar-refractivity contribution in [3.05, 3.63) is 52.1 Å². The minimum absolute atomic E-state index is 0.0244. The van der Waals surface area contributed by atoms with Crippen LogP contribution < -0.4 is 4.74 Å². The van der Waals surface area contributed by atoms with Crippen LogP contribution >= 0.6 is 15.9 Å². The molecule has 5 nitrogen and oxygen atoms in total. The molecule has 1 aliphatic rings. The molecule has 2 N–H and O–H groups in total. The summed E-state index contributed by atoms with van der Waals surface area (Å²) in [6, 6.07) is 6.19. The fraction of sp³-hybridized carbons (Fsp3) is 0.125. The SMILES string of the molecule is COc1cc2c(c(O)c1O)C(=O)c1ccc(CBr)cc1C2=O. The number of carbonyl (C=O) groups excluding carboxylic acids is 2. The van der Waals surface area contributed by atoms with Gasteiger partial charge in [-0.05, 0) is 23.8 Å². The monoisotopic (exact) mass is 362 g/mol. The Morgan fingerprint density at radius 2 is 1.73 bits per heavy atom. The van der Waals surface area contributed by atoms with Crippen molar-refractivity contribution < 1.29 is 24.5 Å². The zero-order chi connectivity index (χ0) is 16.0. The molecule has 0 heterocycles. The topological polar surface area (TPSA) is 83.8 Å². The van der Waals surface area contributed by atoms with E-state index in [-0.39, 0.29) is 33.8 Å². The molecule has 0 saturated carbocycles. The first-order chi connectivity index (χ1) is 10.5. The molecule has 22 heavy (non-hydrogen) atoms. The molecule has 0 fully saturated rings. The molecule has 6 heteroatoms. The minimum Gasteiger partial charge on any atom is -0.504 e. The number of ketones is 2. The van der Waals surface area contributed by atoms with Gasteiger partial charge in [0.05, 0.1) is 12.7 Å². The fourth-order valence-corrected chi connectivity index (χ4v) is 2.89. The predicted octanol–water partition coefficient (Wildman–Crippen LogP) is 2.78. The van der Waals surface area contributed by atoms with Gasteiger partial charge in [0.25, 0.3) is 0 Å². The molecule has 3 rings (SSSR count). The molecular formula is C16H11BrO5. The van der Waals surface area contributed by atoms with Crippen LogP contribution in [-0.4, -0.2) is 28.9 Å². The van der Waals surface area contributed by atoms with Crippen LogP contribution in [0, 0.1) is 0 Å². The Labute approximate surface area is 134 Å².